The molecule has 3 aliphatic heterocycles. The van der Waals surface area contributed by atoms with Gasteiger partial charge in [0.15, 0.2) is 0 Å². The van der Waals surface area contributed by atoms with E-state index in [1.54, 1.807) is 24.3 Å². The van der Waals surface area contributed by atoms with Crippen molar-refractivity contribution in [1.29, 1.82) is 0 Å². The van der Waals surface area contributed by atoms with Crippen LogP contribution in [0.2, 0.25) is 0 Å². The molecule has 0 aromatic heterocycles. The topological polar surface area (TPSA) is 251 Å². The van der Waals surface area contributed by atoms with E-state index in [0.717, 1.165) is 4.90 Å². The minimum absolute atomic E-state index is 0.127. The van der Waals surface area contributed by atoms with Gasteiger partial charge in [-0.2, -0.15) is 0 Å². The van der Waals surface area contributed by atoms with Crippen LogP contribution in [0.3, 0.4) is 0 Å². The van der Waals surface area contributed by atoms with E-state index in [0.29, 0.717) is 5.57 Å². The first-order valence-corrected chi connectivity index (χ1v) is 16.5. The predicted molar refractivity (Wildman–Crippen MR) is 153 cm³/mol. The molecule has 1 fully saturated rings. The van der Waals surface area contributed by atoms with Gasteiger partial charge in [0.05, 0.1) is 22.7 Å². The Bertz CT molecular complexity index is 1710. The lowest BCUT2D eigenvalue weighted by Gasteiger charge is -2.31. The van der Waals surface area contributed by atoms with Gasteiger partial charge in [-0.05, 0) is 24.3 Å². The van der Waals surface area contributed by atoms with E-state index in [-0.39, 0.29) is 29.0 Å². The summed E-state index contributed by atoms with van der Waals surface area (Å²) in [5.74, 6) is -2.44. The lowest BCUT2D eigenvalue weighted by molar-refractivity contribution is -0.385. The van der Waals surface area contributed by atoms with Crippen molar-refractivity contribution in [3.05, 3.63) is 93.7 Å². The Kier molecular flexibility index (Phi) is 9.42. The molecule has 0 aliphatic carbocycles. The number of carboxylic acids is 1. The molecule has 0 spiro atoms. The van der Waals surface area contributed by atoms with E-state index in [1.165, 1.54) is 42.6 Å². The molecule has 3 aliphatic rings. The van der Waals surface area contributed by atoms with Gasteiger partial charge in [-0.25, -0.2) is 18.5 Å². The van der Waals surface area contributed by atoms with Crippen LogP contribution in [0.25, 0.3) is 5.76 Å². The third kappa shape index (κ3) is 7.68. The van der Waals surface area contributed by atoms with Crippen LogP contribution in [0.4, 0.5) is 10.5 Å². The van der Waals surface area contributed by atoms with Crippen molar-refractivity contribution < 1.29 is 66.4 Å². The molecule has 3 heterocycles. The summed E-state index contributed by atoms with van der Waals surface area (Å²) in [5.41, 5.74) is 0.511. The highest BCUT2D eigenvalue weighted by Crippen LogP contribution is 2.59. The maximum atomic E-state index is 13.1. The smallest absolute Gasteiger partial charge is 0.479 e. The third-order valence-corrected chi connectivity index (χ3v) is 9.71. The maximum absolute atomic E-state index is 13.1. The number of hydrogen-bond acceptors (Lipinski definition) is 12. The molecule has 2 aromatic rings. The Morgan fingerprint density at radius 2 is 1.80 bits per heavy atom. The van der Waals surface area contributed by atoms with Crippen LogP contribution < -0.4 is 5.32 Å². The fraction of sp³-hybridized carbons (Fsp3) is 0.269. The summed E-state index contributed by atoms with van der Waals surface area (Å²) in [6.07, 6.45) is -3.46. The Labute approximate surface area is 259 Å². The first kappa shape index (κ1) is 33.0. The summed E-state index contributed by atoms with van der Waals surface area (Å²) in [5, 5.41) is 22.8. The highest BCUT2D eigenvalue weighted by Gasteiger charge is 2.46. The Morgan fingerprint density at radius 3 is 2.50 bits per heavy atom. The van der Waals surface area contributed by atoms with Gasteiger partial charge in [0.25, 0.3) is 5.69 Å². The van der Waals surface area contributed by atoms with Crippen LogP contribution in [0.1, 0.15) is 22.3 Å². The summed E-state index contributed by atoms with van der Waals surface area (Å²) < 4.78 is 50.4. The largest absolute Gasteiger partial charge is 0.481 e. The molecule has 2 amide bonds. The summed E-state index contributed by atoms with van der Waals surface area (Å²) >= 11 is 0. The highest BCUT2D eigenvalue weighted by molar-refractivity contribution is 7.64. The summed E-state index contributed by atoms with van der Waals surface area (Å²) in [7, 11) is -10.4. The number of para-hydroxylation sites is 1. The first-order chi connectivity index (χ1) is 21.7. The van der Waals surface area contributed by atoms with Crippen LogP contribution >= 0.6 is 15.4 Å². The molecule has 4 N–H and O–H groups in total. The van der Waals surface area contributed by atoms with Gasteiger partial charge in [-0.3, -0.25) is 34.2 Å². The van der Waals surface area contributed by atoms with E-state index >= 15 is 0 Å². The molecule has 0 radical (unpaired) electrons. The number of rotatable bonds is 12. The van der Waals surface area contributed by atoms with Crippen molar-refractivity contribution in [1.82, 2.24) is 10.2 Å². The molecule has 0 bridgehead atoms. The molecule has 6 atom stereocenters. The number of amides is 2. The number of fused-ring (bicyclic) bond motifs is 1. The number of ether oxygens (including phenoxy) is 3. The number of carboxylic acid groups (broad SMARTS) is 1. The highest BCUT2D eigenvalue weighted by atomic mass is 31.3. The van der Waals surface area contributed by atoms with Crippen LogP contribution in [0, 0.1) is 10.1 Å². The Morgan fingerprint density at radius 1 is 1.11 bits per heavy atom. The number of esters is 1. The molecular weight excluding hydrogens is 656 g/mol. The number of aliphatic carboxylic acids is 1. The van der Waals surface area contributed by atoms with Gasteiger partial charge in [0.2, 0.25) is 6.23 Å². The second-order valence-corrected chi connectivity index (χ2v) is 13.4. The van der Waals surface area contributed by atoms with Crippen molar-refractivity contribution in [2.24, 2.45) is 0 Å². The van der Waals surface area contributed by atoms with Gasteiger partial charge in [-0.1, -0.05) is 30.3 Å². The van der Waals surface area contributed by atoms with E-state index < -0.39 is 75.7 Å². The zero-order valence-corrected chi connectivity index (χ0v) is 25.1. The second-order valence-electron chi connectivity index (χ2n) is 9.98. The number of phosphoric ester groups is 1. The van der Waals surface area contributed by atoms with E-state index in [2.05, 4.69) is 9.63 Å². The zero-order chi connectivity index (χ0) is 33.2. The van der Waals surface area contributed by atoms with E-state index in [1.807, 2.05) is 0 Å². The van der Waals surface area contributed by atoms with Gasteiger partial charge < -0.3 is 29.1 Å². The van der Waals surface area contributed by atoms with Crippen LogP contribution in [0.15, 0.2) is 72.4 Å². The molecule has 1 saturated heterocycles. The van der Waals surface area contributed by atoms with Crippen molar-refractivity contribution in [2.75, 3.05) is 12.8 Å². The van der Waals surface area contributed by atoms with Gasteiger partial charge in [0.1, 0.15) is 30.4 Å². The molecule has 3 unspecified atom stereocenters. The molecule has 244 valence electrons. The number of nitrogens with zero attached hydrogens (tertiary/aromatic N) is 2. The summed E-state index contributed by atoms with van der Waals surface area (Å²) in [4.78, 5) is 68.3. The quantitative estimate of drug-likeness (QED) is 0.109. The number of nitro groups is 1. The van der Waals surface area contributed by atoms with Crippen LogP contribution in [0.5, 0.6) is 0 Å². The average molecular weight is 681 g/mol. The number of nitro benzene ring substituents is 1. The average Bonchev–Trinajstić information content (AvgIpc) is 3.58. The van der Waals surface area contributed by atoms with Gasteiger partial charge in [0, 0.05) is 24.3 Å². The first-order valence-electron chi connectivity index (χ1n) is 13.3. The van der Waals surface area contributed by atoms with E-state index in [4.69, 9.17) is 23.8 Å². The van der Waals surface area contributed by atoms with Gasteiger partial charge in [-0.15, -0.1) is 0 Å². The Hall–Kier alpha value is -4.41. The fourth-order valence-corrected chi connectivity index (χ4v) is 7.14. The number of hydrogen-bond donors (Lipinski definition) is 4. The monoisotopic (exact) mass is 681 g/mol. The minimum atomic E-state index is -5.34. The number of urea groups is 1. The molecule has 5 rings (SSSR count). The maximum Gasteiger partial charge on any atom is 0.479 e. The van der Waals surface area contributed by atoms with Crippen LogP contribution in [-0.4, -0.2) is 80.1 Å². The molecule has 46 heavy (non-hydrogen) atoms. The molecule has 0 saturated carbocycles. The zero-order valence-electron chi connectivity index (χ0n) is 23.3. The van der Waals surface area contributed by atoms with Crippen molar-refractivity contribution in [3.63, 3.8) is 0 Å². The lowest BCUT2D eigenvalue weighted by Crippen LogP contribution is -2.51. The number of benzene rings is 2. The normalized spacial score (nSPS) is 24.7. The SMILES string of the molecule is O=C(O)CP(=O)(O)OP(=O)(O)OC[C@H]1O[C@@H](N2C=C3C=C(c4ccccc4[N+](=O)[O-])OC3NC2=O)C[C@H]1OC(=O)c1ccccc1. The predicted octanol–water partition coefficient (Wildman–Crippen LogP) is 2.95. The standard InChI is InChI=1S/C26H25N3O15P2/c30-23(31)14-45(36,37)44-46(38,39)40-13-21-20(43-25(32)15-6-2-1-3-7-15)11-22(41-21)28-12-16-10-19(42-24(16)27-26(28)33)17-8-4-5-9-18(17)29(34)35/h1-10,12,20-22,24H,11,13-14H2,(H,27,33)(H,30,31)(H,36,37)(H,38,39)/t20-,21-,22-,24?/m1/s1. The third-order valence-electron chi connectivity index (χ3n) is 6.72. The number of carbonyl (C=O) groups is 3. The molecule has 2 aromatic carbocycles. The van der Waals surface area contributed by atoms with Crippen molar-refractivity contribution in [3.8, 4) is 0 Å². The van der Waals surface area contributed by atoms with Gasteiger partial charge >= 0.3 is 33.4 Å². The van der Waals surface area contributed by atoms with E-state index in [9.17, 15) is 43.4 Å². The second kappa shape index (κ2) is 13.1. The number of phosphoric acid groups is 1. The molecular formula is C26H25N3O15P2. The number of carbonyl (C=O) groups excluding carboxylic acids is 2. The lowest BCUT2D eigenvalue weighted by atomic mass is 10.1. The molecule has 18 nitrogen and oxygen atoms in total. The Balaban J connectivity index is 1.36. The minimum Gasteiger partial charge on any atom is -0.481 e. The summed E-state index contributed by atoms with van der Waals surface area (Å²) in [6, 6.07) is 12.9. The van der Waals surface area contributed by atoms with Crippen molar-refractivity contribution >= 4 is 44.8 Å². The van der Waals surface area contributed by atoms with Crippen molar-refractivity contribution in [2.45, 2.75) is 31.1 Å². The number of nitrogens with one attached hydrogen (secondary N) is 1. The summed E-state index contributed by atoms with van der Waals surface area (Å²) in [6.45, 7) is -0.858. The van der Waals surface area contributed by atoms with Crippen LogP contribution in [-0.2, 0) is 37.0 Å². The fourth-order valence-electron chi connectivity index (χ4n) is 4.75. The molecule has 20 heteroatoms.